The predicted molar refractivity (Wildman–Crippen MR) is 99.0 cm³/mol. The summed E-state index contributed by atoms with van der Waals surface area (Å²) in [7, 11) is 0. The van der Waals surface area contributed by atoms with E-state index in [1.807, 2.05) is 6.07 Å². The molecule has 1 heterocycles. The number of benzene rings is 1. The van der Waals surface area contributed by atoms with Crippen LogP contribution in [-0.4, -0.2) is 23.1 Å². The molecule has 0 spiro atoms. The van der Waals surface area contributed by atoms with Crippen LogP contribution in [0.2, 0.25) is 5.02 Å². The van der Waals surface area contributed by atoms with Gasteiger partial charge in [0.2, 0.25) is 0 Å². The Morgan fingerprint density at radius 3 is 2.48 bits per heavy atom. The van der Waals surface area contributed by atoms with E-state index in [1.54, 1.807) is 0 Å². The fourth-order valence-corrected chi connectivity index (χ4v) is 4.44. The Morgan fingerprint density at radius 2 is 1.87 bits per heavy atom. The molecule has 1 aromatic rings. The number of aliphatic hydroxyl groups is 1. The van der Waals surface area contributed by atoms with Crippen LogP contribution in [0, 0.1) is 12.3 Å². The van der Waals surface area contributed by atoms with Crippen molar-refractivity contribution in [3.63, 3.8) is 0 Å². The number of hydrogen-bond donors (Lipinski definition) is 1. The van der Waals surface area contributed by atoms with Crippen LogP contribution < -0.4 is 0 Å². The van der Waals surface area contributed by atoms with Gasteiger partial charge in [0.25, 0.3) is 0 Å². The molecular formula is C20H32ClNO. The lowest BCUT2D eigenvalue weighted by atomic mass is 9.86. The minimum atomic E-state index is -0.447. The van der Waals surface area contributed by atoms with Crippen molar-refractivity contribution in [2.24, 2.45) is 5.41 Å². The highest BCUT2D eigenvalue weighted by molar-refractivity contribution is 6.31. The van der Waals surface area contributed by atoms with Gasteiger partial charge in [-0.1, -0.05) is 57.7 Å². The lowest BCUT2D eigenvalue weighted by Crippen LogP contribution is -2.40. The number of rotatable bonds is 2. The second-order valence-electron chi connectivity index (χ2n) is 7.73. The van der Waals surface area contributed by atoms with Crippen LogP contribution in [0.1, 0.15) is 75.7 Å². The Balaban J connectivity index is 0.000000595. The number of fused-ring (bicyclic) bond motifs is 1. The number of halogens is 1. The molecule has 1 aliphatic heterocycles. The highest BCUT2D eigenvalue weighted by atomic mass is 35.5. The van der Waals surface area contributed by atoms with Crippen LogP contribution in [0.5, 0.6) is 0 Å². The molecule has 1 aromatic carbocycles. The molecule has 2 nitrogen and oxygen atoms in total. The van der Waals surface area contributed by atoms with Crippen LogP contribution in [0.15, 0.2) is 12.1 Å². The highest BCUT2D eigenvalue weighted by Crippen LogP contribution is 2.40. The molecule has 2 aliphatic rings. The molecule has 23 heavy (non-hydrogen) atoms. The molecule has 0 saturated heterocycles. The zero-order valence-electron chi connectivity index (χ0n) is 15.2. The van der Waals surface area contributed by atoms with Gasteiger partial charge < -0.3 is 5.11 Å². The smallest absolute Gasteiger partial charge is 0.0934 e. The van der Waals surface area contributed by atoms with Crippen molar-refractivity contribution in [3.05, 3.63) is 33.8 Å². The number of aliphatic hydroxyl groups excluding tert-OH is 1. The monoisotopic (exact) mass is 337 g/mol. The molecular weight excluding hydrogens is 306 g/mol. The molecule has 0 aromatic heterocycles. The minimum absolute atomic E-state index is 0.435. The summed E-state index contributed by atoms with van der Waals surface area (Å²) in [5.41, 5.74) is 3.76. The van der Waals surface area contributed by atoms with Gasteiger partial charge in [0.05, 0.1) is 6.10 Å². The third kappa shape index (κ3) is 4.71. The van der Waals surface area contributed by atoms with Gasteiger partial charge in [-0.15, -0.1) is 0 Å². The average Bonchev–Trinajstić information content (AvgIpc) is 2.84. The Kier molecular flexibility index (Phi) is 6.53. The van der Waals surface area contributed by atoms with Gasteiger partial charge in [0.15, 0.2) is 0 Å². The topological polar surface area (TPSA) is 23.5 Å². The fourth-order valence-electron chi connectivity index (χ4n) is 4.02. The summed E-state index contributed by atoms with van der Waals surface area (Å²) in [5.74, 6) is 0. The third-order valence-electron chi connectivity index (χ3n) is 4.93. The van der Waals surface area contributed by atoms with Gasteiger partial charge in [-0.05, 0) is 42.4 Å². The number of aryl methyl sites for hydroxylation is 1. The van der Waals surface area contributed by atoms with E-state index >= 15 is 0 Å². The van der Waals surface area contributed by atoms with E-state index in [1.165, 1.54) is 43.2 Å². The third-order valence-corrected chi connectivity index (χ3v) is 5.25. The van der Waals surface area contributed by atoms with Crippen LogP contribution in [0.4, 0.5) is 0 Å². The first-order valence-electron chi connectivity index (χ1n) is 9.08. The lowest BCUT2D eigenvalue weighted by molar-refractivity contribution is 0.0652. The minimum Gasteiger partial charge on any atom is -0.387 e. The van der Waals surface area contributed by atoms with E-state index in [4.69, 9.17) is 11.6 Å². The Labute approximate surface area is 146 Å². The van der Waals surface area contributed by atoms with Gasteiger partial charge in [-0.2, -0.15) is 0 Å². The van der Waals surface area contributed by atoms with Gasteiger partial charge in [-0.25, -0.2) is 0 Å². The maximum atomic E-state index is 10.4. The predicted octanol–water partition coefficient (Wildman–Crippen LogP) is 5.49. The summed E-state index contributed by atoms with van der Waals surface area (Å²) in [6.07, 6.45) is 6.15. The fraction of sp³-hybridized carbons (Fsp3) is 0.700. The summed E-state index contributed by atoms with van der Waals surface area (Å²) in [6.45, 7) is 11.4. The molecule has 130 valence electrons. The highest BCUT2D eigenvalue weighted by Gasteiger charge is 2.34. The Morgan fingerprint density at radius 1 is 1.26 bits per heavy atom. The van der Waals surface area contributed by atoms with Gasteiger partial charge in [-0.3, -0.25) is 4.90 Å². The molecule has 1 unspecified atom stereocenters. The molecule has 0 radical (unpaired) electrons. The summed E-state index contributed by atoms with van der Waals surface area (Å²) in [6, 6.07) is 4.13. The van der Waals surface area contributed by atoms with Gasteiger partial charge in [0, 0.05) is 30.2 Å². The van der Waals surface area contributed by atoms with Crippen molar-refractivity contribution in [3.8, 4) is 0 Å². The maximum absolute atomic E-state index is 10.4. The molecule has 0 bridgehead atoms. The number of nitrogens with zero attached hydrogens (tertiary/aromatic N) is 1. The molecule has 1 fully saturated rings. The zero-order valence-corrected chi connectivity index (χ0v) is 15.9. The molecule has 0 amide bonds. The number of hydrogen-bond acceptors (Lipinski definition) is 2. The van der Waals surface area contributed by atoms with Crippen molar-refractivity contribution >= 4 is 11.6 Å². The first kappa shape index (κ1) is 18.8. The SMILES string of the molecule is CCC.Cc1cc(Cl)c2c(c1)CN(CC1(C)CCCC1)CC2O. The first-order valence-corrected chi connectivity index (χ1v) is 9.45. The summed E-state index contributed by atoms with van der Waals surface area (Å²) < 4.78 is 0. The second-order valence-corrected chi connectivity index (χ2v) is 8.14. The summed E-state index contributed by atoms with van der Waals surface area (Å²) in [5, 5.41) is 11.2. The number of β-amino-alcohol motifs (C(OH)–C–C–N with tert-alkyl or cyclic N) is 1. The largest absolute Gasteiger partial charge is 0.387 e. The van der Waals surface area contributed by atoms with Crippen molar-refractivity contribution in [1.29, 1.82) is 0 Å². The van der Waals surface area contributed by atoms with E-state index in [0.29, 0.717) is 12.0 Å². The van der Waals surface area contributed by atoms with Gasteiger partial charge in [0.1, 0.15) is 0 Å². The van der Waals surface area contributed by atoms with E-state index in [9.17, 15) is 5.11 Å². The van der Waals surface area contributed by atoms with Crippen LogP contribution >= 0.6 is 11.6 Å². The zero-order chi connectivity index (χ0) is 17.0. The van der Waals surface area contributed by atoms with Crippen molar-refractivity contribution in [1.82, 2.24) is 4.90 Å². The molecule has 1 atom stereocenters. The maximum Gasteiger partial charge on any atom is 0.0934 e. The average molecular weight is 338 g/mol. The summed E-state index contributed by atoms with van der Waals surface area (Å²) >= 11 is 6.31. The molecule has 1 N–H and O–H groups in total. The van der Waals surface area contributed by atoms with Crippen LogP contribution in [0.3, 0.4) is 0 Å². The van der Waals surface area contributed by atoms with Crippen molar-refractivity contribution in [2.75, 3.05) is 13.1 Å². The van der Waals surface area contributed by atoms with E-state index in [0.717, 1.165) is 23.7 Å². The molecule has 3 heteroatoms. The van der Waals surface area contributed by atoms with Crippen molar-refractivity contribution in [2.45, 2.75) is 72.4 Å². The quantitative estimate of drug-likeness (QED) is 0.770. The second kappa shape index (κ2) is 8.00. The lowest BCUT2D eigenvalue weighted by Gasteiger charge is -2.38. The summed E-state index contributed by atoms with van der Waals surface area (Å²) in [4.78, 5) is 2.41. The normalized spacial score (nSPS) is 23.1. The van der Waals surface area contributed by atoms with Crippen LogP contribution in [-0.2, 0) is 6.54 Å². The Bertz CT molecular complexity index is 523. The Hall–Kier alpha value is -0.570. The molecule has 1 aliphatic carbocycles. The van der Waals surface area contributed by atoms with E-state index in [2.05, 4.69) is 38.7 Å². The molecule has 3 rings (SSSR count). The van der Waals surface area contributed by atoms with Gasteiger partial charge >= 0.3 is 0 Å². The first-order chi connectivity index (χ1) is 10.9. The molecule has 1 saturated carbocycles. The van der Waals surface area contributed by atoms with E-state index < -0.39 is 6.10 Å². The van der Waals surface area contributed by atoms with Crippen molar-refractivity contribution < 1.29 is 5.11 Å². The van der Waals surface area contributed by atoms with Crippen LogP contribution in [0.25, 0.3) is 0 Å². The van der Waals surface area contributed by atoms with E-state index in [-0.39, 0.29) is 0 Å². The standard InChI is InChI=1S/C17H24ClNO.C3H8/c1-12-7-13-9-19(11-17(2)5-3-4-6-17)10-15(20)16(13)14(18)8-12;1-3-2/h7-8,15,20H,3-6,9-11H2,1-2H3;3H2,1-2H3.